The van der Waals surface area contributed by atoms with Gasteiger partial charge in [-0.05, 0) is 37.8 Å². The van der Waals surface area contributed by atoms with Crippen LogP contribution in [0, 0.1) is 0 Å². The number of carbonyl (C=O) groups excluding carboxylic acids is 2. The van der Waals surface area contributed by atoms with E-state index in [1.807, 2.05) is 18.2 Å². The normalized spacial score (nSPS) is 20.7. The summed E-state index contributed by atoms with van der Waals surface area (Å²) in [6, 6.07) is 7.61. The minimum absolute atomic E-state index is 0.213. The molecule has 1 aliphatic carbocycles. The van der Waals surface area contributed by atoms with E-state index >= 15 is 0 Å². The molecule has 1 saturated carbocycles. The lowest BCUT2D eigenvalue weighted by molar-refractivity contribution is -0.125. The summed E-state index contributed by atoms with van der Waals surface area (Å²) in [5, 5.41) is 2.96. The number of nitrogens with one attached hydrogen (secondary N) is 1. The second-order valence-corrected chi connectivity index (χ2v) is 7.98. The predicted octanol–water partition coefficient (Wildman–Crippen LogP) is 3.56. The fraction of sp³-hybridized carbons (Fsp3) is 0.600. The fourth-order valence-corrected chi connectivity index (χ4v) is 4.55. The summed E-state index contributed by atoms with van der Waals surface area (Å²) in [7, 11) is 0. The van der Waals surface area contributed by atoms with E-state index in [2.05, 4.69) is 5.32 Å². The number of amides is 1. The van der Waals surface area contributed by atoms with Crippen LogP contribution in [0.25, 0.3) is 0 Å². The van der Waals surface area contributed by atoms with Crippen LogP contribution in [0.2, 0.25) is 0 Å². The summed E-state index contributed by atoms with van der Waals surface area (Å²) in [4.78, 5) is 25.3. The second kappa shape index (κ2) is 9.97. The number of hydrogen-bond acceptors (Lipinski definition) is 5. The Bertz CT molecular complexity index is 610. The summed E-state index contributed by atoms with van der Waals surface area (Å²) < 4.78 is 10.9. The molecule has 1 amide bonds. The first-order valence-electron chi connectivity index (χ1n) is 9.52. The molecule has 1 heterocycles. The van der Waals surface area contributed by atoms with E-state index in [-0.39, 0.29) is 24.7 Å². The molecule has 0 radical (unpaired) electrons. The lowest BCUT2D eigenvalue weighted by Gasteiger charge is -2.22. The molecule has 1 N–H and O–H groups in total. The number of ether oxygens (including phenoxy) is 2. The Balaban J connectivity index is 1.48. The van der Waals surface area contributed by atoms with E-state index in [4.69, 9.17) is 9.47 Å². The van der Waals surface area contributed by atoms with Crippen LogP contribution in [-0.2, 0) is 14.3 Å². The Morgan fingerprint density at radius 2 is 1.92 bits per heavy atom. The number of benzene rings is 1. The van der Waals surface area contributed by atoms with E-state index in [1.165, 1.54) is 6.42 Å². The highest BCUT2D eigenvalue weighted by Crippen LogP contribution is 2.27. The molecule has 0 aromatic heterocycles. The minimum Gasteiger partial charge on any atom is -0.452 e. The van der Waals surface area contributed by atoms with Crippen LogP contribution in [0.3, 0.4) is 0 Å². The van der Waals surface area contributed by atoms with Gasteiger partial charge in [-0.2, -0.15) is 0 Å². The Morgan fingerprint density at radius 3 is 2.69 bits per heavy atom. The molecule has 1 saturated heterocycles. The van der Waals surface area contributed by atoms with Crippen molar-refractivity contribution >= 4 is 23.6 Å². The lowest BCUT2D eigenvalue weighted by Crippen LogP contribution is -2.38. The first kappa shape index (κ1) is 19.2. The Morgan fingerprint density at radius 1 is 1.12 bits per heavy atom. The van der Waals surface area contributed by atoms with Crippen molar-refractivity contribution < 1.29 is 19.1 Å². The molecule has 3 rings (SSSR count). The number of rotatable bonds is 7. The van der Waals surface area contributed by atoms with Gasteiger partial charge in [-0.15, -0.1) is 11.8 Å². The molecule has 1 aromatic rings. The van der Waals surface area contributed by atoms with Gasteiger partial charge in [0.15, 0.2) is 6.61 Å². The van der Waals surface area contributed by atoms with Gasteiger partial charge in [0, 0.05) is 23.3 Å². The van der Waals surface area contributed by atoms with Crippen molar-refractivity contribution in [3.05, 3.63) is 29.8 Å². The average Bonchev–Trinajstić information content (AvgIpc) is 3.19. The minimum atomic E-state index is -0.445. The van der Waals surface area contributed by atoms with Crippen LogP contribution in [-0.4, -0.2) is 43.0 Å². The Hall–Kier alpha value is -1.53. The van der Waals surface area contributed by atoms with Gasteiger partial charge in [0.05, 0.1) is 11.7 Å². The summed E-state index contributed by atoms with van der Waals surface area (Å²) in [5.41, 5.74) is 0.515. The van der Waals surface area contributed by atoms with E-state index in [0.29, 0.717) is 5.56 Å². The van der Waals surface area contributed by atoms with Crippen LogP contribution in [0.4, 0.5) is 0 Å². The summed E-state index contributed by atoms with van der Waals surface area (Å²) in [6.07, 6.45) is 8.00. The monoisotopic (exact) mass is 377 g/mol. The van der Waals surface area contributed by atoms with Gasteiger partial charge in [0.25, 0.3) is 5.91 Å². The van der Waals surface area contributed by atoms with Crippen molar-refractivity contribution in [2.45, 2.75) is 62.0 Å². The van der Waals surface area contributed by atoms with Gasteiger partial charge < -0.3 is 14.8 Å². The first-order chi connectivity index (χ1) is 12.7. The zero-order chi connectivity index (χ0) is 18.2. The summed E-state index contributed by atoms with van der Waals surface area (Å²) >= 11 is 1.61. The first-order valence-corrected chi connectivity index (χ1v) is 10.5. The van der Waals surface area contributed by atoms with Crippen molar-refractivity contribution in [1.29, 1.82) is 0 Å². The quantitative estimate of drug-likeness (QED) is 0.581. The van der Waals surface area contributed by atoms with Crippen molar-refractivity contribution in [3.8, 4) is 0 Å². The topological polar surface area (TPSA) is 64.6 Å². The largest absolute Gasteiger partial charge is 0.452 e. The van der Waals surface area contributed by atoms with Gasteiger partial charge in [-0.25, -0.2) is 4.79 Å². The zero-order valence-corrected chi connectivity index (χ0v) is 15.9. The van der Waals surface area contributed by atoms with Crippen LogP contribution >= 0.6 is 11.8 Å². The fourth-order valence-electron chi connectivity index (χ4n) is 3.44. The van der Waals surface area contributed by atoms with Crippen molar-refractivity contribution in [3.63, 3.8) is 0 Å². The molecule has 2 aliphatic rings. The maximum Gasteiger partial charge on any atom is 0.339 e. The summed E-state index contributed by atoms with van der Waals surface area (Å²) in [6.45, 7) is 0.602. The molecule has 26 heavy (non-hydrogen) atoms. The average molecular weight is 378 g/mol. The van der Waals surface area contributed by atoms with Gasteiger partial charge in [0.2, 0.25) is 0 Å². The highest BCUT2D eigenvalue weighted by molar-refractivity contribution is 7.99. The Kier molecular flexibility index (Phi) is 7.38. The maximum atomic E-state index is 12.4. The summed E-state index contributed by atoms with van der Waals surface area (Å²) in [5.74, 6) is 0.167. The SMILES string of the molecule is O=C(COC(=O)c1ccccc1SC[C@H]1CCCO1)NC1CCCCC1. The molecule has 0 spiro atoms. The molecule has 2 fully saturated rings. The smallest absolute Gasteiger partial charge is 0.339 e. The third-order valence-corrected chi connectivity index (χ3v) is 6.07. The number of thioether (sulfide) groups is 1. The van der Waals surface area contributed by atoms with Crippen LogP contribution < -0.4 is 5.32 Å². The lowest BCUT2D eigenvalue weighted by atomic mass is 9.95. The second-order valence-electron chi connectivity index (χ2n) is 6.92. The van der Waals surface area contributed by atoms with Gasteiger partial charge in [-0.1, -0.05) is 31.4 Å². The molecule has 142 valence electrons. The van der Waals surface area contributed by atoms with E-state index in [1.54, 1.807) is 17.8 Å². The molecule has 0 unspecified atom stereocenters. The number of carbonyl (C=O) groups is 2. The standard InChI is InChI=1S/C20H27NO4S/c22-19(21-15-7-2-1-3-8-15)13-25-20(23)17-10-4-5-11-18(17)26-14-16-9-6-12-24-16/h4-5,10-11,15-16H,1-3,6-9,12-14H2,(H,21,22)/t16-/m1/s1. The predicted molar refractivity (Wildman–Crippen MR) is 101 cm³/mol. The molecule has 6 heteroatoms. The van der Waals surface area contributed by atoms with Crippen molar-refractivity contribution in [2.75, 3.05) is 19.0 Å². The molecule has 0 bridgehead atoms. The van der Waals surface area contributed by atoms with Crippen molar-refractivity contribution in [2.24, 2.45) is 0 Å². The Labute approximate surface area is 159 Å². The highest BCUT2D eigenvalue weighted by atomic mass is 32.2. The van der Waals surface area contributed by atoms with Crippen LogP contribution in [0.1, 0.15) is 55.3 Å². The molecular weight excluding hydrogens is 350 g/mol. The third kappa shape index (κ3) is 5.74. The molecule has 1 aliphatic heterocycles. The number of esters is 1. The third-order valence-electron chi connectivity index (χ3n) is 4.86. The van der Waals surface area contributed by atoms with Crippen molar-refractivity contribution in [1.82, 2.24) is 5.32 Å². The maximum absolute atomic E-state index is 12.4. The molecule has 1 aromatic carbocycles. The van der Waals surface area contributed by atoms with E-state index in [9.17, 15) is 9.59 Å². The van der Waals surface area contributed by atoms with E-state index < -0.39 is 5.97 Å². The van der Waals surface area contributed by atoms with Crippen LogP contribution in [0.15, 0.2) is 29.2 Å². The molecule has 1 atom stereocenters. The van der Waals surface area contributed by atoms with Gasteiger partial charge in [-0.3, -0.25) is 4.79 Å². The number of hydrogen-bond donors (Lipinski definition) is 1. The van der Waals surface area contributed by atoms with Gasteiger partial charge >= 0.3 is 5.97 Å². The van der Waals surface area contributed by atoms with E-state index in [0.717, 1.165) is 55.8 Å². The highest BCUT2D eigenvalue weighted by Gasteiger charge is 2.20. The molecule has 5 nitrogen and oxygen atoms in total. The van der Waals surface area contributed by atoms with Crippen LogP contribution in [0.5, 0.6) is 0 Å². The molecular formula is C20H27NO4S. The van der Waals surface area contributed by atoms with Gasteiger partial charge in [0.1, 0.15) is 0 Å². The zero-order valence-electron chi connectivity index (χ0n) is 15.1.